The van der Waals surface area contributed by atoms with Crippen molar-refractivity contribution < 1.29 is 14.7 Å². The Labute approximate surface area is 150 Å². The van der Waals surface area contributed by atoms with Gasteiger partial charge in [0.1, 0.15) is 0 Å². The second-order valence-corrected chi connectivity index (χ2v) is 6.37. The van der Waals surface area contributed by atoms with Gasteiger partial charge in [-0.1, -0.05) is 30.3 Å². The monoisotopic (exact) mass is 352 g/mol. The van der Waals surface area contributed by atoms with Crippen molar-refractivity contribution in [3.8, 4) is 0 Å². The predicted molar refractivity (Wildman–Crippen MR) is 96.9 cm³/mol. The molecule has 7 nitrogen and oxygen atoms in total. The quantitative estimate of drug-likeness (QED) is 0.736. The molecule has 1 amide bonds. The lowest BCUT2D eigenvalue weighted by molar-refractivity contribution is -0.139. The number of aliphatic carboxylic acids is 1. The van der Waals surface area contributed by atoms with Crippen LogP contribution in [0.3, 0.4) is 0 Å². The van der Waals surface area contributed by atoms with E-state index in [9.17, 15) is 14.7 Å². The molecule has 0 aliphatic carbocycles. The minimum atomic E-state index is -1.13. The number of carbonyl (C=O) groups is 2. The van der Waals surface area contributed by atoms with Gasteiger partial charge in [-0.25, -0.2) is 14.5 Å². The summed E-state index contributed by atoms with van der Waals surface area (Å²) in [6.07, 6.45) is 1.66. The van der Waals surface area contributed by atoms with Crippen LogP contribution in [0.2, 0.25) is 0 Å². The third-order valence-corrected chi connectivity index (χ3v) is 4.15. The number of nitrogens with zero attached hydrogens (tertiary/aromatic N) is 3. The molecule has 7 heteroatoms. The Morgan fingerprint density at radius 2 is 1.88 bits per heavy atom. The van der Waals surface area contributed by atoms with Crippen molar-refractivity contribution in [2.24, 2.45) is 0 Å². The first-order chi connectivity index (χ1) is 12.4. The number of nitrogens with one attached hydrogen (secondary N) is 1. The summed E-state index contributed by atoms with van der Waals surface area (Å²) >= 11 is 0. The zero-order chi connectivity index (χ0) is 18.8. The molecule has 3 aromatic rings. The number of carboxylic acids is 1. The van der Waals surface area contributed by atoms with Gasteiger partial charge in [0.05, 0.1) is 17.5 Å². The standard InChI is InChI=1S/C19H20N4O3/c1-11(2)23-17-14(10-20-23)9-15(12(3)21-17)18(24)22-16(19(25)26)13-7-5-4-6-8-13/h4-11,16H,1-3H3,(H,22,24)(H,25,26)/t16-/m0/s1. The smallest absolute Gasteiger partial charge is 0.330 e. The molecule has 134 valence electrons. The number of carboxylic acid groups (broad SMARTS) is 1. The summed E-state index contributed by atoms with van der Waals surface area (Å²) < 4.78 is 1.79. The number of hydrogen-bond donors (Lipinski definition) is 2. The highest BCUT2D eigenvalue weighted by atomic mass is 16.4. The zero-order valence-electron chi connectivity index (χ0n) is 14.8. The molecule has 3 rings (SSSR count). The SMILES string of the molecule is Cc1nc2c(cnn2C(C)C)cc1C(=O)N[C@H](C(=O)O)c1ccccc1. The molecule has 2 N–H and O–H groups in total. The van der Waals surface area contributed by atoms with E-state index in [0.717, 1.165) is 5.39 Å². The molecule has 0 unspecified atom stereocenters. The van der Waals surface area contributed by atoms with Gasteiger partial charge in [0.15, 0.2) is 11.7 Å². The molecule has 0 fully saturated rings. The van der Waals surface area contributed by atoms with E-state index in [1.807, 2.05) is 13.8 Å². The van der Waals surface area contributed by atoms with Crippen molar-refractivity contribution in [3.05, 3.63) is 59.4 Å². The van der Waals surface area contributed by atoms with Crippen LogP contribution >= 0.6 is 0 Å². The molecule has 0 aliphatic rings. The van der Waals surface area contributed by atoms with Gasteiger partial charge in [-0.15, -0.1) is 0 Å². The van der Waals surface area contributed by atoms with E-state index < -0.39 is 17.9 Å². The molecule has 1 aromatic carbocycles. The lowest BCUT2D eigenvalue weighted by atomic mass is 10.1. The van der Waals surface area contributed by atoms with Gasteiger partial charge in [0, 0.05) is 11.4 Å². The molecule has 26 heavy (non-hydrogen) atoms. The largest absolute Gasteiger partial charge is 0.479 e. The third-order valence-electron chi connectivity index (χ3n) is 4.15. The third kappa shape index (κ3) is 3.28. The van der Waals surface area contributed by atoms with Crippen LogP contribution in [0.5, 0.6) is 0 Å². The molecule has 0 spiro atoms. The molecule has 2 heterocycles. The minimum Gasteiger partial charge on any atom is -0.479 e. The average molecular weight is 352 g/mol. The average Bonchev–Trinajstić information content (AvgIpc) is 3.02. The summed E-state index contributed by atoms with van der Waals surface area (Å²) in [7, 11) is 0. The number of pyridine rings is 1. The number of fused-ring (bicyclic) bond motifs is 1. The molecule has 0 radical (unpaired) electrons. The number of aryl methyl sites for hydroxylation is 1. The molecular formula is C19H20N4O3. The molecule has 0 bridgehead atoms. The van der Waals surface area contributed by atoms with Gasteiger partial charge in [-0.2, -0.15) is 5.10 Å². The van der Waals surface area contributed by atoms with Crippen molar-refractivity contribution >= 4 is 22.9 Å². The molecule has 1 atom stereocenters. The molecule has 2 aromatic heterocycles. The number of amides is 1. The van der Waals surface area contributed by atoms with E-state index in [-0.39, 0.29) is 6.04 Å². The maximum absolute atomic E-state index is 12.7. The molecule has 0 saturated carbocycles. The predicted octanol–water partition coefficient (Wildman–Crippen LogP) is 2.88. The van der Waals surface area contributed by atoms with Crippen molar-refractivity contribution in [1.29, 1.82) is 0 Å². The minimum absolute atomic E-state index is 0.147. The number of rotatable bonds is 5. The maximum atomic E-state index is 12.7. The topological polar surface area (TPSA) is 97.1 Å². The molecular weight excluding hydrogens is 332 g/mol. The second kappa shape index (κ2) is 6.95. The number of benzene rings is 1. The van der Waals surface area contributed by atoms with E-state index in [1.54, 1.807) is 54.2 Å². The van der Waals surface area contributed by atoms with E-state index in [0.29, 0.717) is 22.5 Å². The van der Waals surface area contributed by atoms with Crippen molar-refractivity contribution in [2.75, 3.05) is 0 Å². The lowest BCUT2D eigenvalue weighted by Crippen LogP contribution is -2.34. The Hall–Kier alpha value is -3.22. The fourth-order valence-corrected chi connectivity index (χ4v) is 2.82. The van der Waals surface area contributed by atoms with Crippen LogP contribution < -0.4 is 5.32 Å². The van der Waals surface area contributed by atoms with Crippen molar-refractivity contribution in [3.63, 3.8) is 0 Å². The summed E-state index contributed by atoms with van der Waals surface area (Å²) in [4.78, 5) is 28.8. The maximum Gasteiger partial charge on any atom is 0.330 e. The van der Waals surface area contributed by atoms with Crippen LogP contribution in [-0.4, -0.2) is 31.7 Å². The fourth-order valence-electron chi connectivity index (χ4n) is 2.82. The Morgan fingerprint density at radius 1 is 1.19 bits per heavy atom. The molecule has 0 saturated heterocycles. The number of aromatic nitrogens is 3. The first-order valence-electron chi connectivity index (χ1n) is 8.32. The van der Waals surface area contributed by atoms with Crippen molar-refractivity contribution in [1.82, 2.24) is 20.1 Å². The fraction of sp³-hybridized carbons (Fsp3) is 0.263. The molecule has 0 aliphatic heterocycles. The van der Waals surface area contributed by atoms with Gasteiger partial charge >= 0.3 is 5.97 Å². The van der Waals surface area contributed by atoms with E-state index in [2.05, 4.69) is 15.4 Å². The van der Waals surface area contributed by atoms with Crippen LogP contribution in [0.15, 0.2) is 42.6 Å². The lowest BCUT2D eigenvalue weighted by Gasteiger charge is -2.16. The Bertz CT molecular complexity index is 964. The van der Waals surface area contributed by atoms with Crippen LogP contribution in [-0.2, 0) is 4.79 Å². The summed E-state index contributed by atoms with van der Waals surface area (Å²) in [5.41, 5.74) is 2.07. The van der Waals surface area contributed by atoms with Crippen LogP contribution in [0.1, 0.15) is 47.5 Å². The van der Waals surface area contributed by atoms with Gasteiger partial charge in [-0.05, 0) is 32.4 Å². The Balaban J connectivity index is 1.94. The van der Waals surface area contributed by atoms with Crippen LogP contribution in [0, 0.1) is 6.92 Å². The first-order valence-corrected chi connectivity index (χ1v) is 8.32. The normalized spacial score (nSPS) is 12.3. The van der Waals surface area contributed by atoms with Gasteiger partial charge in [-0.3, -0.25) is 4.79 Å². The zero-order valence-corrected chi connectivity index (χ0v) is 14.8. The van der Waals surface area contributed by atoms with Crippen LogP contribution in [0.4, 0.5) is 0 Å². The second-order valence-electron chi connectivity index (χ2n) is 6.37. The highest BCUT2D eigenvalue weighted by Gasteiger charge is 2.24. The van der Waals surface area contributed by atoms with Gasteiger partial charge in [0.25, 0.3) is 5.91 Å². The van der Waals surface area contributed by atoms with Gasteiger partial charge in [0.2, 0.25) is 0 Å². The summed E-state index contributed by atoms with van der Waals surface area (Å²) in [5, 5.41) is 17.1. The summed E-state index contributed by atoms with van der Waals surface area (Å²) in [5.74, 6) is -1.60. The van der Waals surface area contributed by atoms with Gasteiger partial charge < -0.3 is 10.4 Å². The Kier molecular flexibility index (Phi) is 4.71. The van der Waals surface area contributed by atoms with Crippen LogP contribution in [0.25, 0.3) is 11.0 Å². The van der Waals surface area contributed by atoms with Crippen molar-refractivity contribution in [2.45, 2.75) is 32.9 Å². The van der Waals surface area contributed by atoms with E-state index in [1.165, 1.54) is 0 Å². The summed E-state index contributed by atoms with van der Waals surface area (Å²) in [6.45, 7) is 5.73. The highest BCUT2D eigenvalue weighted by Crippen LogP contribution is 2.20. The Morgan fingerprint density at radius 3 is 2.50 bits per heavy atom. The number of carbonyl (C=O) groups excluding carboxylic acids is 1. The van der Waals surface area contributed by atoms with E-state index >= 15 is 0 Å². The summed E-state index contributed by atoms with van der Waals surface area (Å²) in [6, 6.07) is 9.31. The van der Waals surface area contributed by atoms with E-state index in [4.69, 9.17) is 0 Å². The highest BCUT2D eigenvalue weighted by molar-refractivity contribution is 6.00. The number of hydrogen-bond acceptors (Lipinski definition) is 4. The first kappa shape index (κ1) is 17.6.